The molecule has 0 spiro atoms. The Bertz CT molecular complexity index is 546. The number of hydrogen-bond donors (Lipinski definition) is 2. The standard InChI is InChI=1S/C12H18N2O4S/c1-9-6-14(7-10(8-15)18-9)11-4-2-3-5-12(11)19(13,16)17/h2-5,9-10,15H,6-8H2,1H3,(H2,13,16,17). The minimum atomic E-state index is -3.77. The van der Waals surface area contributed by atoms with Crippen molar-refractivity contribution >= 4 is 15.7 Å². The number of morpholine rings is 1. The summed E-state index contributed by atoms with van der Waals surface area (Å²) in [5.41, 5.74) is 0.554. The van der Waals surface area contributed by atoms with Crippen LogP contribution >= 0.6 is 0 Å². The van der Waals surface area contributed by atoms with Crippen LogP contribution in [0.1, 0.15) is 6.92 Å². The summed E-state index contributed by atoms with van der Waals surface area (Å²) in [5, 5.41) is 14.4. The lowest BCUT2D eigenvalue weighted by atomic mass is 10.2. The summed E-state index contributed by atoms with van der Waals surface area (Å²) < 4.78 is 28.7. The Morgan fingerprint density at radius 3 is 2.74 bits per heavy atom. The van der Waals surface area contributed by atoms with Crippen LogP contribution < -0.4 is 10.0 Å². The van der Waals surface area contributed by atoms with Gasteiger partial charge in [0, 0.05) is 13.1 Å². The van der Waals surface area contributed by atoms with Crippen molar-refractivity contribution in [2.45, 2.75) is 24.0 Å². The molecule has 1 aromatic carbocycles. The van der Waals surface area contributed by atoms with E-state index in [0.717, 1.165) is 0 Å². The zero-order valence-electron chi connectivity index (χ0n) is 10.7. The number of nitrogens with zero attached hydrogens (tertiary/aromatic N) is 1. The average molecular weight is 286 g/mol. The first kappa shape index (κ1) is 14.3. The van der Waals surface area contributed by atoms with Gasteiger partial charge in [-0.05, 0) is 19.1 Å². The molecule has 1 aromatic rings. The molecular weight excluding hydrogens is 268 g/mol. The van der Waals surface area contributed by atoms with Gasteiger partial charge in [0.1, 0.15) is 4.90 Å². The molecule has 3 N–H and O–H groups in total. The van der Waals surface area contributed by atoms with Gasteiger partial charge < -0.3 is 14.7 Å². The Balaban J connectivity index is 2.36. The second-order valence-electron chi connectivity index (χ2n) is 4.67. The van der Waals surface area contributed by atoms with E-state index in [0.29, 0.717) is 18.8 Å². The fourth-order valence-electron chi connectivity index (χ4n) is 2.30. The fraction of sp³-hybridized carbons (Fsp3) is 0.500. The number of benzene rings is 1. The molecule has 2 unspecified atom stereocenters. The molecule has 0 amide bonds. The highest BCUT2D eigenvalue weighted by molar-refractivity contribution is 7.89. The van der Waals surface area contributed by atoms with Crippen LogP contribution in [0.3, 0.4) is 0 Å². The van der Waals surface area contributed by atoms with E-state index in [-0.39, 0.29) is 23.7 Å². The lowest BCUT2D eigenvalue weighted by molar-refractivity contribution is -0.0422. The van der Waals surface area contributed by atoms with E-state index in [1.165, 1.54) is 6.07 Å². The monoisotopic (exact) mass is 286 g/mol. The number of aliphatic hydroxyl groups excluding tert-OH is 1. The van der Waals surface area contributed by atoms with Crippen molar-refractivity contribution in [3.05, 3.63) is 24.3 Å². The maximum atomic E-state index is 11.6. The maximum absolute atomic E-state index is 11.6. The molecule has 0 aliphatic carbocycles. The molecule has 1 saturated heterocycles. The maximum Gasteiger partial charge on any atom is 0.240 e. The number of para-hydroxylation sites is 1. The molecule has 2 atom stereocenters. The molecule has 2 rings (SSSR count). The molecule has 1 aliphatic heterocycles. The summed E-state index contributed by atoms with van der Waals surface area (Å²) in [6, 6.07) is 6.60. The molecule has 1 fully saturated rings. The van der Waals surface area contributed by atoms with E-state index < -0.39 is 10.0 Å². The average Bonchev–Trinajstić information content (AvgIpc) is 2.37. The molecule has 19 heavy (non-hydrogen) atoms. The highest BCUT2D eigenvalue weighted by Gasteiger charge is 2.27. The van der Waals surface area contributed by atoms with Crippen LogP contribution in [0, 0.1) is 0 Å². The Kier molecular flexibility index (Phi) is 4.10. The molecule has 1 aliphatic rings. The SMILES string of the molecule is CC1CN(c2ccccc2S(N)(=O)=O)CC(CO)O1. The number of hydrogen-bond acceptors (Lipinski definition) is 5. The second kappa shape index (κ2) is 5.46. The zero-order valence-corrected chi connectivity index (χ0v) is 11.5. The van der Waals surface area contributed by atoms with E-state index in [1.807, 2.05) is 11.8 Å². The lowest BCUT2D eigenvalue weighted by Gasteiger charge is -2.38. The Labute approximate surface area is 112 Å². The van der Waals surface area contributed by atoms with Crippen LogP contribution in [0.25, 0.3) is 0 Å². The van der Waals surface area contributed by atoms with Gasteiger partial charge in [-0.3, -0.25) is 0 Å². The Morgan fingerprint density at radius 1 is 1.42 bits per heavy atom. The molecule has 0 radical (unpaired) electrons. The summed E-state index contributed by atoms with van der Waals surface area (Å²) in [6.07, 6.45) is -0.406. The van der Waals surface area contributed by atoms with Gasteiger partial charge in [0.2, 0.25) is 10.0 Å². The molecule has 0 saturated carbocycles. The Hall–Kier alpha value is -1.15. The smallest absolute Gasteiger partial charge is 0.240 e. The van der Waals surface area contributed by atoms with Crippen LogP contribution in [0.5, 0.6) is 0 Å². The van der Waals surface area contributed by atoms with Crippen molar-refractivity contribution in [1.82, 2.24) is 0 Å². The van der Waals surface area contributed by atoms with Gasteiger partial charge in [-0.15, -0.1) is 0 Å². The number of rotatable bonds is 3. The minimum Gasteiger partial charge on any atom is -0.394 e. The van der Waals surface area contributed by atoms with Crippen molar-refractivity contribution in [3.63, 3.8) is 0 Å². The van der Waals surface area contributed by atoms with Crippen LogP contribution in [-0.4, -0.2) is 45.4 Å². The van der Waals surface area contributed by atoms with Gasteiger partial charge in [-0.25, -0.2) is 13.6 Å². The second-order valence-corrected chi connectivity index (χ2v) is 6.20. The largest absolute Gasteiger partial charge is 0.394 e. The number of primary sulfonamides is 1. The molecule has 7 heteroatoms. The zero-order chi connectivity index (χ0) is 14.0. The first-order valence-electron chi connectivity index (χ1n) is 6.05. The van der Waals surface area contributed by atoms with E-state index >= 15 is 0 Å². The number of anilines is 1. The summed E-state index contributed by atoms with van der Waals surface area (Å²) in [7, 11) is -3.77. The normalized spacial score (nSPS) is 24.5. The number of ether oxygens (including phenoxy) is 1. The van der Waals surface area contributed by atoms with E-state index in [9.17, 15) is 13.5 Å². The van der Waals surface area contributed by atoms with Crippen LogP contribution in [0.2, 0.25) is 0 Å². The highest BCUT2D eigenvalue weighted by atomic mass is 32.2. The van der Waals surface area contributed by atoms with Crippen LogP contribution in [0.15, 0.2) is 29.2 Å². The predicted octanol–water partition coefficient (Wildman–Crippen LogP) is -0.0800. The molecule has 0 aromatic heterocycles. The van der Waals surface area contributed by atoms with Crippen LogP contribution in [-0.2, 0) is 14.8 Å². The fourth-order valence-corrected chi connectivity index (χ4v) is 3.06. The van der Waals surface area contributed by atoms with E-state index in [1.54, 1.807) is 18.2 Å². The quantitative estimate of drug-likeness (QED) is 0.810. The van der Waals surface area contributed by atoms with Crippen LogP contribution in [0.4, 0.5) is 5.69 Å². The molecule has 106 valence electrons. The summed E-state index contributed by atoms with van der Waals surface area (Å²) in [6.45, 7) is 2.78. The van der Waals surface area contributed by atoms with E-state index in [4.69, 9.17) is 9.88 Å². The van der Waals surface area contributed by atoms with Crippen molar-refractivity contribution in [2.24, 2.45) is 5.14 Å². The Morgan fingerprint density at radius 2 is 2.11 bits per heavy atom. The topological polar surface area (TPSA) is 92.9 Å². The van der Waals surface area contributed by atoms with Gasteiger partial charge in [-0.1, -0.05) is 12.1 Å². The summed E-state index contributed by atoms with van der Waals surface area (Å²) in [5.74, 6) is 0. The van der Waals surface area contributed by atoms with Crippen molar-refractivity contribution in [1.29, 1.82) is 0 Å². The van der Waals surface area contributed by atoms with Gasteiger partial charge in [0.25, 0.3) is 0 Å². The van der Waals surface area contributed by atoms with Gasteiger partial charge in [-0.2, -0.15) is 0 Å². The van der Waals surface area contributed by atoms with Gasteiger partial charge >= 0.3 is 0 Å². The number of sulfonamides is 1. The first-order chi connectivity index (χ1) is 8.91. The van der Waals surface area contributed by atoms with Crippen molar-refractivity contribution in [3.8, 4) is 0 Å². The van der Waals surface area contributed by atoms with E-state index in [2.05, 4.69) is 0 Å². The predicted molar refractivity (Wildman–Crippen MR) is 71.4 cm³/mol. The van der Waals surface area contributed by atoms with Gasteiger partial charge in [0.15, 0.2) is 0 Å². The lowest BCUT2D eigenvalue weighted by Crippen LogP contribution is -2.48. The van der Waals surface area contributed by atoms with Crippen molar-refractivity contribution < 1.29 is 18.3 Å². The minimum absolute atomic E-state index is 0.0839. The first-order valence-corrected chi connectivity index (χ1v) is 7.59. The molecule has 0 bridgehead atoms. The molecule has 1 heterocycles. The third-order valence-electron chi connectivity index (χ3n) is 3.04. The third kappa shape index (κ3) is 3.24. The molecule has 6 nitrogen and oxygen atoms in total. The van der Waals surface area contributed by atoms with Crippen molar-refractivity contribution in [2.75, 3.05) is 24.6 Å². The highest BCUT2D eigenvalue weighted by Crippen LogP contribution is 2.26. The van der Waals surface area contributed by atoms with Gasteiger partial charge in [0.05, 0.1) is 24.5 Å². The molecular formula is C12H18N2O4S. The number of aliphatic hydroxyl groups is 1. The number of nitrogens with two attached hydrogens (primary N) is 1. The third-order valence-corrected chi connectivity index (χ3v) is 4.00. The summed E-state index contributed by atoms with van der Waals surface area (Å²) in [4.78, 5) is 1.98. The summed E-state index contributed by atoms with van der Waals surface area (Å²) >= 11 is 0.